The molecule has 5 nitrogen and oxygen atoms in total. The lowest BCUT2D eigenvalue weighted by Gasteiger charge is -2.22. The lowest BCUT2D eigenvalue weighted by Crippen LogP contribution is -2.32. The molecule has 0 fully saturated rings. The molecule has 1 unspecified atom stereocenters. The molecule has 0 radical (unpaired) electrons. The highest BCUT2D eigenvalue weighted by atomic mass is 16.5. The number of hydrogen-bond donors (Lipinski definition) is 1. The van der Waals surface area contributed by atoms with Crippen LogP contribution in [0.15, 0.2) is 24.3 Å². The van der Waals surface area contributed by atoms with Gasteiger partial charge in [0.2, 0.25) is 0 Å². The molecule has 2 heterocycles. The van der Waals surface area contributed by atoms with Crippen LogP contribution in [0.4, 0.5) is 0 Å². The molecule has 1 aromatic carbocycles. The zero-order valence-electron chi connectivity index (χ0n) is 12.0. The van der Waals surface area contributed by atoms with E-state index in [2.05, 4.69) is 40.0 Å². The molecule has 1 N–H and O–H groups in total. The molecule has 1 aromatic heterocycles. The first-order chi connectivity index (χ1) is 9.79. The van der Waals surface area contributed by atoms with Crippen LogP contribution in [0.2, 0.25) is 0 Å². The average molecular weight is 272 g/mol. The molecule has 0 spiro atoms. The number of hydrogen-bond acceptors (Lipinski definition) is 4. The number of nitrogens with zero attached hydrogens (tertiary/aromatic N) is 3. The minimum absolute atomic E-state index is 0.254. The van der Waals surface area contributed by atoms with E-state index >= 15 is 0 Å². The van der Waals surface area contributed by atoms with Crippen molar-refractivity contribution in [3.8, 4) is 17.1 Å². The highest BCUT2D eigenvalue weighted by Crippen LogP contribution is 2.26. The number of ether oxygens (including phenoxy) is 1. The summed E-state index contributed by atoms with van der Waals surface area (Å²) in [6, 6.07) is 8.34. The summed E-state index contributed by atoms with van der Waals surface area (Å²) in [7, 11) is 0. The van der Waals surface area contributed by atoms with Crippen LogP contribution in [0.1, 0.15) is 32.1 Å². The quantitative estimate of drug-likeness (QED) is 0.928. The molecule has 106 valence electrons. The molecule has 1 atom stereocenters. The topological polar surface area (TPSA) is 52.0 Å². The molecule has 5 heteroatoms. The van der Waals surface area contributed by atoms with E-state index in [0.29, 0.717) is 0 Å². The van der Waals surface area contributed by atoms with Crippen LogP contribution in [0.25, 0.3) is 11.4 Å². The maximum Gasteiger partial charge on any atom is 0.164 e. The monoisotopic (exact) mass is 272 g/mol. The summed E-state index contributed by atoms with van der Waals surface area (Å²) >= 11 is 0. The minimum Gasteiger partial charge on any atom is -0.494 e. The fourth-order valence-electron chi connectivity index (χ4n) is 2.50. The van der Waals surface area contributed by atoms with Gasteiger partial charge < -0.3 is 14.6 Å². The molecular weight excluding hydrogens is 252 g/mol. The van der Waals surface area contributed by atoms with Crippen LogP contribution < -0.4 is 10.1 Å². The molecule has 1 aliphatic heterocycles. The van der Waals surface area contributed by atoms with Gasteiger partial charge in [-0.1, -0.05) is 19.1 Å². The minimum atomic E-state index is 0.254. The number of nitrogens with one attached hydrogen (secondary N) is 1. The SMILES string of the molecule is CCCOc1cccc(-c2nnc3n2CCNC3C)c1. The predicted octanol–water partition coefficient (Wildman–Crippen LogP) is 2.40. The summed E-state index contributed by atoms with van der Waals surface area (Å²) in [4.78, 5) is 0. The Balaban J connectivity index is 1.93. The Morgan fingerprint density at radius 1 is 1.40 bits per heavy atom. The molecule has 0 bridgehead atoms. The average Bonchev–Trinajstić information content (AvgIpc) is 2.91. The molecule has 2 aromatic rings. The van der Waals surface area contributed by atoms with Crippen molar-refractivity contribution in [2.75, 3.05) is 13.2 Å². The Hall–Kier alpha value is -1.88. The highest BCUT2D eigenvalue weighted by molar-refractivity contribution is 5.58. The molecule has 0 saturated carbocycles. The first kappa shape index (κ1) is 13.1. The zero-order chi connectivity index (χ0) is 13.9. The van der Waals surface area contributed by atoms with Gasteiger partial charge in [-0.05, 0) is 25.5 Å². The first-order valence-corrected chi connectivity index (χ1v) is 7.19. The van der Waals surface area contributed by atoms with E-state index in [4.69, 9.17) is 4.74 Å². The van der Waals surface area contributed by atoms with Gasteiger partial charge in [-0.3, -0.25) is 0 Å². The van der Waals surface area contributed by atoms with Crippen LogP contribution in [0.5, 0.6) is 5.75 Å². The maximum atomic E-state index is 5.69. The van der Waals surface area contributed by atoms with Crippen molar-refractivity contribution in [1.29, 1.82) is 0 Å². The molecule has 3 rings (SSSR count). The number of aromatic nitrogens is 3. The van der Waals surface area contributed by atoms with Gasteiger partial charge in [0.05, 0.1) is 12.6 Å². The van der Waals surface area contributed by atoms with Crippen molar-refractivity contribution < 1.29 is 4.74 Å². The van der Waals surface area contributed by atoms with Gasteiger partial charge in [0.1, 0.15) is 11.6 Å². The number of fused-ring (bicyclic) bond motifs is 1. The van der Waals surface area contributed by atoms with Crippen molar-refractivity contribution >= 4 is 0 Å². The number of benzene rings is 1. The smallest absolute Gasteiger partial charge is 0.164 e. The van der Waals surface area contributed by atoms with Gasteiger partial charge in [0.25, 0.3) is 0 Å². The fraction of sp³-hybridized carbons (Fsp3) is 0.467. The third-order valence-corrected chi connectivity index (χ3v) is 3.52. The lowest BCUT2D eigenvalue weighted by molar-refractivity contribution is 0.317. The normalized spacial score (nSPS) is 17.8. The number of rotatable bonds is 4. The van der Waals surface area contributed by atoms with Gasteiger partial charge in [0.15, 0.2) is 5.82 Å². The van der Waals surface area contributed by atoms with Crippen molar-refractivity contribution in [3.05, 3.63) is 30.1 Å². The molecule has 1 aliphatic rings. The summed E-state index contributed by atoms with van der Waals surface area (Å²) in [5.41, 5.74) is 1.06. The highest BCUT2D eigenvalue weighted by Gasteiger charge is 2.22. The Morgan fingerprint density at radius 2 is 2.30 bits per heavy atom. The van der Waals surface area contributed by atoms with Crippen molar-refractivity contribution in [2.45, 2.75) is 32.9 Å². The zero-order valence-corrected chi connectivity index (χ0v) is 12.0. The van der Waals surface area contributed by atoms with E-state index in [0.717, 1.165) is 49.1 Å². The van der Waals surface area contributed by atoms with Gasteiger partial charge in [0, 0.05) is 18.7 Å². The van der Waals surface area contributed by atoms with Crippen LogP contribution in [0.3, 0.4) is 0 Å². The van der Waals surface area contributed by atoms with Gasteiger partial charge in [-0.25, -0.2) is 0 Å². The third-order valence-electron chi connectivity index (χ3n) is 3.52. The Bertz CT molecular complexity index is 593. The van der Waals surface area contributed by atoms with Gasteiger partial charge in [-0.2, -0.15) is 0 Å². The second-order valence-corrected chi connectivity index (χ2v) is 5.09. The second-order valence-electron chi connectivity index (χ2n) is 5.09. The van der Waals surface area contributed by atoms with E-state index in [1.165, 1.54) is 0 Å². The first-order valence-electron chi connectivity index (χ1n) is 7.19. The van der Waals surface area contributed by atoms with E-state index in [1.54, 1.807) is 0 Å². The van der Waals surface area contributed by atoms with E-state index < -0.39 is 0 Å². The third kappa shape index (κ3) is 2.41. The van der Waals surface area contributed by atoms with Crippen LogP contribution >= 0.6 is 0 Å². The van der Waals surface area contributed by atoms with Crippen molar-refractivity contribution in [2.24, 2.45) is 0 Å². The predicted molar refractivity (Wildman–Crippen MR) is 77.7 cm³/mol. The summed E-state index contributed by atoms with van der Waals surface area (Å²) in [5, 5.41) is 12.1. The van der Waals surface area contributed by atoms with Gasteiger partial charge >= 0.3 is 0 Å². The van der Waals surface area contributed by atoms with Crippen molar-refractivity contribution in [1.82, 2.24) is 20.1 Å². The molecular formula is C15H20N4O. The van der Waals surface area contributed by atoms with Crippen LogP contribution in [0, 0.1) is 0 Å². The molecule has 0 aliphatic carbocycles. The van der Waals surface area contributed by atoms with Crippen LogP contribution in [-0.2, 0) is 6.54 Å². The fourth-order valence-corrected chi connectivity index (χ4v) is 2.50. The molecule has 0 saturated heterocycles. The summed E-state index contributed by atoms with van der Waals surface area (Å²) in [5.74, 6) is 2.82. The molecule has 0 amide bonds. The van der Waals surface area contributed by atoms with Crippen LogP contribution in [-0.4, -0.2) is 27.9 Å². The Kier molecular flexibility index (Phi) is 3.69. The lowest BCUT2D eigenvalue weighted by atomic mass is 10.2. The summed E-state index contributed by atoms with van der Waals surface area (Å²) < 4.78 is 7.88. The van der Waals surface area contributed by atoms with Gasteiger partial charge in [-0.15, -0.1) is 10.2 Å². The van der Waals surface area contributed by atoms with E-state index in [1.807, 2.05) is 18.2 Å². The Morgan fingerprint density at radius 3 is 3.15 bits per heavy atom. The standard InChI is InChI=1S/C15H20N4O/c1-3-9-20-13-6-4-5-12(10-13)15-18-17-14-11(2)16-7-8-19(14)15/h4-6,10-11,16H,3,7-9H2,1-2H3. The second kappa shape index (κ2) is 5.63. The largest absolute Gasteiger partial charge is 0.494 e. The summed E-state index contributed by atoms with van der Waals surface area (Å²) in [6.45, 7) is 6.81. The summed E-state index contributed by atoms with van der Waals surface area (Å²) in [6.07, 6.45) is 1.01. The Labute approximate surface area is 119 Å². The van der Waals surface area contributed by atoms with E-state index in [9.17, 15) is 0 Å². The maximum absolute atomic E-state index is 5.69. The van der Waals surface area contributed by atoms with E-state index in [-0.39, 0.29) is 6.04 Å². The molecule has 20 heavy (non-hydrogen) atoms. The van der Waals surface area contributed by atoms with Crippen molar-refractivity contribution in [3.63, 3.8) is 0 Å².